The highest BCUT2D eigenvalue weighted by Gasteiger charge is 2.52. The highest BCUT2D eigenvalue weighted by atomic mass is 16.7. The van der Waals surface area contributed by atoms with Gasteiger partial charge in [-0.25, -0.2) is 0 Å². The van der Waals surface area contributed by atoms with Crippen LogP contribution in [0.15, 0.2) is 0 Å². The molecule has 0 spiro atoms. The predicted molar refractivity (Wildman–Crippen MR) is 113 cm³/mol. The van der Waals surface area contributed by atoms with Crippen molar-refractivity contribution in [2.75, 3.05) is 19.8 Å². The molecule has 3 aliphatic rings. The molecule has 17 nitrogen and oxygen atoms in total. The molecule has 17 heteroatoms. The molecule has 216 valence electrons. The number of hydrogen-bond donors (Lipinski definition) is 11. The van der Waals surface area contributed by atoms with Crippen molar-refractivity contribution in [3.05, 3.63) is 0 Å². The normalized spacial score (nSPS) is 49.0. The molecule has 15 atom stereocenters. The van der Waals surface area contributed by atoms with Crippen LogP contribution < -0.4 is 5.32 Å². The fourth-order valence-corrected chi connectivity index (χ4v) is 4.35. The van der Waals surface area contributed by atoms with E-state index in [1.807, 2.05) is 0 Å². The molecule has 0 aliphatic carbocycles. The summed E-state index contributed by atoms with van der Waals surface area (Å²) in [5.74, 6) is -0.661. The van der Waals surface area contributed by atoms with E-state index in [9.17, 15) is 55.9 Å². The zero-order chi connectivity index (χ0) is 27.6. The largest absolute Gasteiger partial charge is 0.394 e. The molecule has 0 radical (unpaired) electrons. The molecule has 0 bridgehead atoms. The number of nitrogens with one attached hydrogen (secondary N) is 1. The molecule has 1 amide bonds. The number of aliphatic hydroxyl groups excluding tert-OH is 10. The first kappa shape index (κ1) is 30.4. The lowest BCUT2D eigenvalue weighted by atomic mass is 9.95. The molecule has 0 aromatic heterocycles. The van der Waals surface area contributed by atoms with E-state index in [0.29, 0.717) is 0 Å². The van der Waals surface area contributed by atoms with Gasteiger partial charge in [-0.05, 0) is 0 Å². The summed E-state index contributed by atoms with van der Waals surface area (Å²) in [5, 5.41) is 103. The Kier molecular flexibility index (Phi) is 10.5. The molecule has 3 aliphatic heterocycles. The van der Waals surface area contributed by atoms with Crippen molar-refractivity contribution in [1.29, 1.82) is 0 Å². The van der Waals surface area contributed by atoms with Crippen LogP contribution in [0.5, 0.6) is 0 Å². The third-order valence-corrected chi connectivity index (χ3v) is 6.48. The summed E-state index contributed by atoms with van der Waals surface area (Å²) < 4.78 is 26.7. The van der Waals surface area contributed by atoms with Crippen LogP contribution in [0.2, 0.25) is 0 Å². The average molecular weight is 545 g/mol. The topological polar surface area (TPSA) is 278 Å². The summed E-state index contributed by atoms with van der Waals surface area (Å²) >= 11 is 0. The molecule has 0 aromatic rings. The van der Waals surface area contributed by atoms with Crippen LogP contribution in [0.25, 0.3) is 0 Å². The van der Waals surface area contributed by atoms with Crippen LogP contribution in [0.4, 0.5) is 0 Å². The maximum absolute atomic E-state index is 11.7. The Labute approximate surface area is 210 Å². The van der Waals surface area contributed by atoms with Gasteiger partial charge in [0.05, 0.1) is 19.8 Å². The first-order valence-corrected chi connectivity index (χ1v) is 11.6. The Hall–Kier alpha value is -1.13. The lowest BCUT2D eigenvalue weighted by Gasteiger charge is -2.47. The molecule has 3 fully saturated rings. The molecule has 3 saturated heterocycles. The number of ether oxygens (including phenoxy) is 5. The summed E-state index contributed by atoms with van der Waals surface area (Å²) in [6.07, 6.45) is -22.9. The smallest absolute Gasteiger partial charge is 0.217 e. The van der Waals surface area contributed by atoms with Crippen LogP contribution >= 0.6 is 0 Å². The van der Waals surface area contributed by atoms with Gasteiger partial charge in [0.15, 0.2) is 18.9 Å². The standard InChI is InChI=1S/C20H35NO16/c1-5(24)21-9-13(28)11(26)8(4-33-20-15(30)14(29)10(25)6(2-22)35-20)36-19(9)37-17-12(27)7(3-23)34-18(32)16(17)31/h6-20,22-23,25-32H,2-4H2,1H3,(H,21,24)/t6-,7-,8-,9-,10+,11-,12+,13-,14+,15-,16-,17+,18-,19+,20-/m1/s1. The van der Waals surface area contributed by atoms with Gasteiger partial charge in [0.2, 0.25) is 5.91 Å². The second-order valence-corrected chi connectivity index (χ2v) is 9.11. The molecule has 0 unspecified atom stereocenters. The fourth-order valence-electron chi connectivity index (χ4n) is 4.35. The van der Waals surface area contributed by atoms with Crippen LogP contribution in [0.1, 0.15) is 6.92 Å². The van der Waals surface area contributed by atoms with Gasteiger partial charge >= 0.3 is 0 Å². The third-order valence-electron chi connectivity index (χ3n) is 6.48. The van der Waals surface area contributed by atoms with E-state index in [-0.39, 0.29) is 0 Å². The predicted octanol–water partition coefficient (Wildman–Crippen LogP) is -7.43. The molecule has 37 heavy (non-hydrogen) atoms. The monoisotopic (exact) mass is 545 g/mol. The van der Waals surface area contributed by atoms with E-state index in [2.05, 4.69) is 5.32 Å². The number of rotatable bonds is 8. The molecule has 0 saturated carbocycles. The van der Waals surface area contributed by atoms with Gasteiger partial charge in [0.1, 0.15) is 73.2 Å². The van der Waals surface area contributed by atoms with E-state index >= 15 is 0 Å². The van der Waals surface area contributed by atoms with E-state index in [0.717, 1.165) is 6.92 Å². The Morgan fingerprint density at radius 3 is 1.86 bits per heavy atom. The van der Waals surface area contributed by atoms with Gasteiger partial charge in [-0.15, -0.1) is 0 Å². The summed E-state index contributed by atoms with van der Waals surface area (Å²) in [6, 6.07) is -1.44. The molecular formula is C20H35NO16. The highest BCUT2D eigenvalue weighted by molar-refractivity contribution is 5.73. The molecule has 0 aromatic carbocycles. The summed E-state index contributed by atoms with van der Waals surface area (Å²) in [7, 11) is 0. The minimum Gasteiger partial charge on any atom is -0.394 e. The first-order valence-electron chi connectivity index (χ1n) is 11.6. The van der Waals surface area contributed by atoms with Crippen LogP contribution in [0, 0.1) is 0 Å². The second-order valence-electron chi connectivity index (χ2n) is 9.11. The fraction of sp³-hybridized carbons (Fsp3) is 0.950. The maximum Gasteiger partial charge on any atom is 0.217 e. The lowest BCUT2D eigenvalue weighted by Crippen LogP contribution is -2.68. The SMILES string of the molecule is CC(=O)N[C@H]1[C@H](O[C@@H]2[C@@H](O)[C@H](O)O[C@H](CO)[C@@H]2O)O[C@H](CO[C@@H]2O[C@H](CO)[C@H](O)[C@H](O)[C@H]2O)[C@@H](O)[C@@H]1O. The van der Waals surface area contributed by atoms with Crippen molar-refractivity contribution in [2.24, 2.45) is 0 Å². The first-order chi connectivity index (χ1) is 17.4. The zero-order valence-corrected chi connectivity index (χ0v) is 19.7. The lowest BCUT2D eigenvalue weighted by molar-refractivity contribution is -0.349. The van der Waals surface area contributed by atoms with Gasteiger partial charge in [-0.3, -0.25) is 4.79 Å². The summed E-state index contributed by atoms with van der Waals surface area (Å²) in [5.41, 5.74) is 0. The third kappa shape index (κ3) is 6.55. The van der Waals surface area contributed by atoms with Crippen molar-refractivity contribution in [3.8, 4) is 0 Å². The van der Waals surface area contributed by atoms with E-state index < -0.39 is 118 Å². The van der Waals surface area contributed by atoms with E-state index in [1.54, 1.807) is 0 Å². The molecular weight excluding hydrogens is 510 g/mol. The number of aliphatic hydroxyl groups is 10. The number of amides is 1. The Bertz CT molecular complexity index is 745. The number of hydrogen-bond acceptors (Lipinski definition) is 16. The van der Waals surface area contributed by atoms with Crippen molar-refractivity contribution in [3.63, 3.8) is 0 Å². The van der Waals surface area contributed by atoms with E-state index in [4.69, 9.17) is 23.7 Å². The van der Waals surface area contributed by atoms with Crippen LogP contribution in [0.3, 0.4) is 0 Å². The van der Waals surface area contributed by atoms with Crippen molar-refractivity contribution >= 4 is 5.91 Å². The average Bonchev–Trinajstić information content (AvgIpc) is 2.86. The van der Waals surface area contributed by atoms with Crippen LogP contribution in [-0.2, 0) is 28.5 Å². The van der Waals surface area contributed by atoms with Gasteiger partial charge in [-0.1, -0.05) is 0 Å². The zero-order valence-electron chi connectivity index (χ0n) is 19.7. The Morgan fingerprint density at radius 2 is 1.27 bits per heavy atom. The van der Waals surface area contributed by atoms with Gasteiger partial charge in [0.25, 0.3) is 0 Å². The minimum atomic E-state index is -1.87. The van der Waals surface area contributed by atoms with Gasteiger partial charge < -0.3 is 80.1 Å². The van der Waals surface area contributed by atoms with E-state index in [1.165, 1.54) is 0 Å². The number of carbonyl (C=O) groups excluding carboxylic acids is 1. The molecule has 3 heterocycles. The highest BCUT2D eigenvalue weighted by Crippen LogP contribution is 2.30. The minimum absolute atomic E-state index is 0.617. The molecule has 11 N–H and O–H groups in total. The summed E-state index contributed by atoms with van der Waals surface area (Å²) in [6.45, 7) is -0.971. The maximum atomic E-state index is 11.7. The van der Waals surface area contributed by atoms with Gasteiger partial charge in [-0.2, -0.15) is 0 Å². The Morgan fingerprint density at radius 1 is 0.703 bits per heavy atom. The second kappa shape index (κ2) is 12.8. The molecule has 3 rings (SSSR count). The van der Waals surface area contributed by atoms with Gasteiger partial charge in [0, 0.05) is 6.92 Å². The van der Waals surface area contributed by atoms with Crippen molar-refractivity contribution < 1.29 is 79.5 Å². The summed E-state index contributed by atoms with van der Waals surface area (Å²) in [4.78, 5) is 11.7. The Balaban J connectivity index is 1.75. The van der Waals surface area contributed by atoms with Crippen molar-refractivity contribution in [1.82, 2.24) is 5.32 Å². The van der Waals surface area contributed by atoms with Crippen molar-refractivity contribution in [2.45, 2.75) is 99.0 Å². The quantitative estimate of drug-likeness (QED) is 0.135. The number of carbonyl (C=O) groups is 1. The van der Waals surface area contributed by atoms with Crippen LogP contribution in [-0.4, -0.2) is 169 Å².